The summed E-state index contributed by atoms with van der Waals surface area (Å²) >= 11 is 0. The van der Waals surface area contributed by atoms with Gasteiger partial charge in [-0.3, -0.25) is 0 Å². The first-order chi connectivity index (χ1) is 9.77. The Balaban J connectivity index is 2.15. The first-order valence-electron chi connectivity index (χ1n) is 6.78. The minimum atomic E-state index is -4.29. The summed E-state index contributed by atoms with van der Waals surface area (Å²) in [6.45, 7) is 5.97. The molecule has 0 saturated carbocycles. The molecule has 0 aliphatic carbocycles. The molecular formula is C17H18F3N. The number of hydrogen-bond donors (Lipinski definition) is 1. The van der Waals surface area contributed by atoms with E-state index in [0.717, 1.165) is 28.9 Å². The van der Waals surface area contributed by atoms with Crippen molar-refractivity contribution >= 4 is 5.69 Å². The average molecular weight is 293 g/mol. The van der Waals surface area contributed by atoms with Crippen LogP contribution in [0.2, 0.25) is 0 Å². The summed E-state index contributed by atoms with van der Waals surface area (Å²) in [6, 6.07) is 11.3. The molecule has 4 heteroatoms. The first kappa shape index (κ1) is 15.4. The van der Waals surface area contributed by atoms with Gasteiger partial charge in [-0.15, -0.1) is 0 Å². The van der Waals surface area contributed by atoms with E-state index in [1.54, 1.807) is 0 Å². The van der Waals surface area contributed by atoms with Crippen molar-refractivity contribution in [2.75, 3.05) is 5.32 Å². The van der Waals surface area contributed by atoms with Crippen molar-refractivity contribution in [1.29, 1.82) is 0 Å². The van der Waals surface area contributed by atoms with Crippen LogP contribution in [0.25, 0.3) is 0 Å². The fourth-order valence-corrected chi connectivity index (χ4v) is 2.25. The van der Waals surface area contributed by atoms with Crippen LogP contribution in [0.3, 0.4) is 0 Å². The van der Waals surface area contributed by atoms with Crippen LogP contribution in [-0.2, 0) is 6.18 Å². The molecule has 0 aliphatic heterocycles. The average Bonchev–Trinajstić information content (AvgIpc) is 2.41. The van der Waals surface area contributed by atoms with Crippen molar-refractivity contribution in [3.63, 3.8) is 0 Å². The van der Waals surface area contributed by atoms with Gasteiger partial charge in [0.1, 0.15) is 0 Å². The largest absolute Gasteiger partial charge is 0.416 e. The number of aryl methyl sites for hydroxylation is 2. The van der Waals surface area contributed by atoms with Crippen LogP contribution in [0, 0.1) is 13.8 Å². The molecule has 112 valence electrons. The molecule has 1 N–H and O–H groups in total. The van der Waals surface area contributed by atoms with Gasteiger partial charge in [-0.05, 0) is 50.1 Å². The van der Waals surface area contributed by atoms with Crippen LogP contribution in [0.1, 0.15) is 35.2 Å². The standard InChI is InChI=1S/C17H18F3N/c1-11-4-9-16(12(2)10-11)21-13(3)14-5-7-15(8-6-14)17(18,19)20/h4-10,13,21H,1-3H3. The highest BCUT2D eigenvalue weighted by Gasteiger charge is 2.30. The van der Waals surface area contributed by atoms with Gasteiger partial charge >= 0.3 is 6.18 Å². The first-order valence-corrected chi connectivity index (χ1v) is 6.78. The normalized spacial score (nSPS) is 13.0. The fourth-order valence-electron chi connectivity index (χ4n) is 2.25. The summed E-state index contributed by atoms with van der Waals surface area (Å²) in [5.74, 6) is 0. The van der Waals surface area contributed by atoms with Crippen LogP contribution in [0.15, 0.2) is 42.5 Å². The predicted octanol–water partition coefficient (Wildman–Crippen LogP) is 5.50. The van der Waals surface area contributed by atoms with Crippen LogP contribution < -0.4 is 5.32 Å². The van der Waals surface area contributed by atoms with Gasteiger partial charge < -0.3 is 5.32 Å². The van der Waals surface area contributed by atoms with Gasteiger partial charge in [-0.25, -0.2) is 0 Å². The number of halogens is 3. The van der Waals surface area contributed by atoms with E-state index in [1.807, 2.05) is 32.9 Å². The second-order valence-electron chi connectivity index (χ2n) is 5.30. The van der Waals surface area contributed by atoms with Crippen molar-refractivity contribution in [2.45, 2.75) is 33.0 Å². The van der Waals surface area contributed by atoms with Crippen LogP contribution in [0.4, 0.5) is 18.9 Å². The topological polar surface area (TPSA) is 12.0 Å². The number of anilines is 1. The minimum Gasteiger partial charge on any atom is -0.378 e. The molecule has 2 aromatic rings. The van der Waals surface area contributed by atoms with E-state index in [0.29, 0.717) is 0 Å². The van der Waals surface area contributed by atoms with Crippen molar-refractivity contribution in [3.8, 4) is 0 Å². The summed E-state index contributed by atoms with van der Waals surface area (Å²) in [6.07, 6.45) is -4.29. The summed E-state index contributed by atoms with van der Waals surface area (Å²) in [5.41, 5.74) is 3.50. The Kier molecular flexibility index (Phi) is 4.26. The zero-order valence-electron chi connectivity index (χ0n) is 12.3. The highest BCUT2D eigenvalue weighted by molar-refractivity contribution is 5.53. The Morgan fingerprint density at radius 3 is 2.10 bits per heavy atom. The molecule has 2 rings (SSSR count). The van der Waals surface area contributed by atoms with Crippen molar-refractivity contribution < 1.29 is 13.2 Å². The molecule has 0 saturated heterocycles. The van der Waals surface area contributed by atoms with E-state index in [9.17, 15) is 13.2 Å². The third-order valence-electron chi connectivity index (χ3n) is 3.49. The molecule has 1 nitrogen and oxygen atoms in total. The van der Waals surface area contributed by atoms with Crippen molar-refractivity contribution in [2.24, 2.45) is 0 Å². The smallest absolute Gasteiger partial charge is 0.378 e. The summed E-state index contributed by atoms with van der Waals surface area (Å²) in [4.78, 5) is 0. The van der Waals surface area contributed by atoms with Crippen LogP contribution in [0.5, 0.6) is 0 Å². The summed E-state index contributed by atoms with van der Waals surface area (Å²) in [5, 5.41) is 3.33. The quantitative estimate of drug-likeness (QED) is 0.788. The Morgan fingerprint density at radius 2 is 1.57 bits per heavy atom. The molecule has 0 aromatic heterocycles. The minimum absolute atomic E-state index is 0.0614. The lowest BCUT2D eigenvalue weighted by Crippen LogP contribution is -2.09. The number of hydrogen-bond acceptors (Lipinski definition) is 1. The maximum absolute atomic E-state index is 12.5. The number of alkyl halides is 3. The van der Waals surface area contributed by atoms with Crippen molar-refractivity contribution in [3.05, 3.63) is 64.7 Å². The van der Waals surface area contributed by atoms with Gasteiger partial charge in [0.25, 0.3) is 0 Å². The lowest BCUT2D eigenvalue weighted by molar-refractivity contribution is -0.137. The molecule has 1 unspecified atom stereocenters. The molecule has 21 heavy (non-hydrogen) atoms. The van der Waals surface area contributed by atoms with Gasteiger partial charge in [-0.1, -0.05) is 29.8 Å². The molecule has 2 aromatic carbocycles. The van der Waals surface area contributed by atoms with Gasteiger partial charge in [0.2, 0.25) is 0 Å². The number of nitrogens with one attached hydrogen (secondary N) is 1. The maximum atomic E-state index is 12.5. The predicted molar refractivity (Wildman–Crippen MR) is 79.4 cm³/mol. The van der Waals surface area contributed by atoms with Gasteiger partial charge in [0.05, 0.1) is 5.56 Å². The SMILES string of the molecule is Cc1ccc(NC(C)c2ccc(C(F)(F)F)cc2)c(C)c1. The molecule has 0 heterocycles. The highest BCUT2D eigenvalue weighted by atomic mass is 19.4. The molecule has 0 radical (unpaired) electrons. The Hall–Kier alpha value is -1.97. The Labute approximate surface area is 122 Å². The molecule has 1 atom stereocenters. The molecule has 0 amide bonds. The van der Waals surface area contributed by atoms with Crippen LogP contribution in [-0.4, -0.2) is 0 Å². The van der Waals surface area contributed by atoms with E-state index >= 15 is 0 Å². The molecule has 0 bridgehead atoms. The highest BCUT2D eigenvalue weighted by Crippen LogP contribution is 2.30. The van der Waals surface area contributed by atoms with Gasteiger partial charge in [0.15, 0.2) is 0 Å². The lowest BCUT2D eigenvalue weighted by atomic mass is 10.0. The third kappa shape index (κ3) is 3.78. The maximum Gasteiger partial charge on any atom is 0.416 e. The lowest BCUT2D eigenvalue weighted by Gasteiger charge is -2.18. The third-order valence-corrected chi connectivity index (χ3v) is 3.49. The zero-order valence-corrected chi connectivity index (χ0v) is 12.3. The van der Waals surface area contributed by atoms with Crippen molar-refractivity contribution in [1.82, 2.24) is 0 Å². The Bertz CT molecular complexity index is 615. The summed E-state index contributed by atoms with van der Waals surface area (Å²) in [7, 11) is 0. The number of rotatable bonds is 3. The number of benzene rings is 2. The second kappa shape index (κ2) is 5.80. The van der Waals surface area contributed by atoms with Gasteiger partial charge in [0, 0.05) is 11.7 Å². The zero-order chi connectivity index (χ0) is 15.6. The van der Waals surface area contributed by atoms with E-state index in [2.05, 4.69) is 11.4 Å². The molecule has 0 aliphatic rings. The molecular weight excluding hydrogens is 275 g/mol. The fraction of sp³-hybridized carbons (Fsp3) is 0.294. The van der Waals surface area contributed by atoms with E-state index in [-0.39, 0.29) is 6.04 Å². The van der Waals surface area contributed by atoms with E-state index in [1.165, 1.54) is 17.7 Å². The molecule has 0 fully saturated rings. The van der Waals surface area contributed by atoms with Gasteiger partial charge in [-0.2, -0.15) is 13.2 Å². The van der Waals surface area contributed by atoms with E-state index in [4.69, 9.17) is 0 Å². The second-order valence-corrected chi connectivity index (χ2v) is 5.30. The monoisotopic (exact) mass is 293 g/mol. The van der Waals surface area contributed by atoms with Crippen LogP contribution >= 0.6 is 0 Å². The molecule has 0 spiro atoms. The Morgan fingerprint density at radius 1 is 0.952 bits per heavy atom. The van der Waals surface area contributed by atoms with E-state index < -0.39 is 11.7 Å². The summed E-state index contributed by atoms with van der Waals surface area (Å²) < 4.78 is 37.6.